The normalized spacial score (nSPS) is 12.3. The minimum atomic E-state index is -3.88. The summed E-state index contributed by atoms with van der Waals surface area (Å²) in [6.45, 7) is 0.319. The van der Waals surface area contributed by atoms with Crippen molar-refractivity contribution in [2.24, 2.45) is 0 Å². The van der Waals surface area contributed by atoms with Gasteiger partial charge in [-0.1, -0.05) is 48.0 Å². The Balaban J connectivity index is 1.59. The van der Waals surface area contributed by atoms with Crippen LogP contribution in [-0.2, 0) is 21.1 Å². The predicted octanol–water partition coefficient (Wildman–Crippen LogP) is 3.50. The summed E-state index contributed by atoms with van der Waals surface area (Å²) in [6.07, 6.45) is -0.0411. The topological polar surface area (TPSA) is 113 Å². The van der Waals surface area contributed by atoms with E-state index >= 15 is 0 Å². The highest BCUT2D eigenvalue weighted by Gasteiger charge is 2.22. The number of hydrogen-bond acceptors (Lipinski definition) is 6. The molecule has 3 N–H and O–H groups in total. The Hall–Kier alpha value is -2.91. The van der Waals surface area contributed by atoms with E-state index in [0.29, 0.717) is 24.5 Å². The van der Waals surface area contributed by atoms with Crippen LogP contribution in [0.5, 0.6) is 5.75 Å². The molecule has 0 spiro atoms. The molecule has 3 aromatic carbocycles. The van der Waals surface area contributed by atoms with Crippen LogP contribution >= 0.6 is 11.6 Å². The molecule has 7 nitrogen and oxygen atoms in total. The number of aliphatic hydroxyl groups excluding tert-OH is 1. The smallest absolute Gasteiger partial charge is 0.341 e. The second kappa shape index (κ2) is 11.3. The fourth-order valence-corrected chi connectivity index (χ4v) is 4.79. The van der Waals surface area contributed by atoms with Gasteiger partial charge in [0.1, 0.15) is 10.6 Å². The summed E-state index contributed by atoms with van der Waals surface area (Å²) in [5.74, 6) is -1.20. The Morgan fingerprint density at radius 1 is 1.03 bits per heavy atom. The first kappa shape index (κ1) is 24.7. The molecule has 0 radical (unpaired) electrons. The number of carboxylic acids is 1. The number of aliphatic hydroxyl groups is 1. The summed E-state index contributed by atoms with van der Waals surface area (Å²) in [5, 5.41) is 22.8. The van der Waals surface area contributed by atoms with Crippen molar-refractivity contribution in [3.8, 4) is 5.75 Å². The van der Waals surface area contributed by atoms with Gasteiger partial charge in [-0.05, 0) is 60.5 Å². The lowest BCUT2D eigenvalue weighted by Gasteiger charge is -2.13. The molecule has 0 aromatic heterocycles. The summed E-state index contributed by atoms with van der Waals surface area (Å²) >= 11 is 5.95. The fraction of sp³-hybridized carbons (Fsp3) is 0.208. The van der Waals surface area contributed by atoms with E-state index < -0.39 is 28.5 Å². The molecule has 1 atom stereocenters. The molecule has 9 heteroatoms. The highest BCUT2D eigenvalue weighted by Crippen LogP contribution is 2.29. The number of nitrogens with one attached hydrogen (secondary N) is 1. The summed E-state index contributed by atoms with van der Waals surface area (Å²) in [4.78, 5) is 10.8. The highest BCUT2D eigenvalue weighted by atomic mass is 35.5. The van der Waals surface area contributed by atoms with Crippen LogP contribution < -0.4 is 10.1 Å². The van der Waals surface area contributed by atoms with E-state index in [1.165, 1.54) is 24.3 Å². The lowest BCUT2D eigenvalue weighted by Crippen LogP contribution is -2.23. The summed E-state index contributed by atoms with van der Waals surface area (Å²) in [7, 11) is -3.88. The largest absolute Gasteiger partial charge is 0.481 e. The average Bonchev–Trinajstić information content (AvgIpc) is 2.81. The second-order valence-electron chi connectivity index (χ2n) is 7.30. The molecule has 0 saturated carbocycles. The van der Waals surface area contributed by atoms with E-state index in [1.54, 1.807) is 42.5 Å². The van der Waals surface area contributed by atoms with E-state index in [9.17, 15) is 18.3 Å². The lowest BCUT2D eigenvalue weighted by atomic mass is 10.1. The Kier molecular flexibility index (Phi) is 8.46. The summed E-state index contributed by atoms with van der Waals surface area (Å²) < 4.78 is 31.2. The molecule has 0 fully saturated rings. The number of carboxylic acid groups (broad SMARTS) is 1. The van der Waals surface area contributed by atoms with Gasteiger partial charge in [0.05, 0.1) is 11.0 Å². The number of benzene rings is 3. The van der Waals surface area contributed by atoms with Gasteiger partial charge < -0.3 is 20.3 Å². The predicted molar refractivity (Wildman–Crippen MR) is 124 cm³/mol. The average molecular weight is 490 g/mol. The quantitative estimate of drug-likeness (QED) is 0.353. The number of hydrogen-bond donors (Lipinski definition) is 3. The van der Waals surface area contributed by atoms with E-state index in [0.717, 1.165) is 11.1 Å². The molecule has 33 heavy (non-hydrogen) atoms. The van der Waals surface area contributed by atoms with Crippen LogP contribution in [0.3, 0.4) is 0 Å². The van der Waals surface area contributed by atoms with Crippen molar-refractivity contribution in [1.29, 1.82) is 0 Å². The number of carbonyl (C=O) groups is 1. The molecule has 0 heterocycles. The van der Waals surface area contributed by atoms with Gasteiger partial charge in [-0.15, -0.1) is 0 Å². The lowest BCUT2D eigenvalue weighted by molar-refractivity contribution is -0.139. The van der Waals surface area contributed by atoms with Crippen LogP contribution in [0.4, 0.5) is 0 Å². The monoisotopic (exact) mass is 489 g/mol. The van der Waals surface area contributed by atoms with Gasteiger partial charge in [-0.2, -0.15) is 0 Å². The zero-order valence-corrected chi connectivity index (χ0v) is 19.2. The van der Waals surface area contributed by atoms with Crippen molar-refractivity contribution >= 4 is 27.4 Å². The van der Waals surface area contributed by atoms with Gasteiger partial charge in [0, 0.05) is 11.6 Å². The maximum Gasteiger partial charge on any atom is 0.341 e. The molecule has 174 valence electrons. The van der Waals surface area contributed by atoms with Crippen LogP contribution in [0.2, 0.25) is 5.02 Å². The molecule has 0 unspecified atom stereocenters. The highest BCUT2D eigenvalue weighted by molar-refractivity contribution is 7.91. The maximum atomic E-state index is 13.0. The number of rotatable bonds is 11. The molecule has 3 aromatic rings. The van der Waals surface area contributed by atoms with Crippen molar-refractivity contribution < 1.29 is 28.2 Å². The SMILES string of the molecule is O=C(O)COc1ccccc1S(=O)(=O)c1ccc(CCNC[C@H](O)c2cccc(Cl)c2)cc1. The van der Waals surface area contributed by atoms with Gasteiger partial charge in [0.2, 0.25) is 9.84 Å². The number of ether oxygens (including phenoxy) is 1. The van der Waals surface area contributed by atoms with Crippen LogP contribution in [0.1, 0.15) is 17.2 Å². The Morgan fingerprint density at radius 3 is 2.45 bits per heavy atom. The third kappa shape index (κ3) is 6.79. The Bertz CT molecular complexity index is 1200. The fourth-order valence-electron chi connectivity index (χ4n) is 3.20. The second-order valence-corrected chi connectivity index (χ2v) is 9.66. The summed E-state index contributed by atoms with van der Waals surface area (Å²) in [5.41, 5.74) is 1.66. The van der Waals surface area contributed by atoms with Crippen LogP contribution in [0.15, 0.2) is 82.6 Å². The third-order valence-electron chi connectivity index (χ3n) is 4.89. The molecular formula is C24H24ClNO6S. The molecule has 0 saturated heterocycles. The van der Waals surface area contributed by atoms with E-state index in [4.69, 9.17) is 21.4 Å². The van der Waals surface area contributed by atoms with Crippen molar-refractivity contribution in [1.82, 2.24) is 5.32 Å². The minimum absolute atomic E-state index is 0.00793. The minimum Gasteiger partial charge on any atom is -0.481 e. The molecule has 3 rings (SSSR count). The zero-order chi connectivity index (χ0) is 23.8. The van der Waals surface area contributed by atoms with Crippen molar-refractivity contribution in [3.05, 3.63) is 88.9 Å². The molecule has 0 aliphatic carbocycles. The number of halogens is 1. The molecule has 0 aliphatic heterocycles. The number of sulfone groups is 1. The molecule has 0 amide bonds. The summed E-state index contributed by atoms with van der Waals surface area (Å²) in [6, 6.07) is 19.5. The van der Waals surface area contributed by atoms with E-state index in [2.05, 4.69) is 5.32 Å². The Morgan fingerprint density at radius 2 is 1.76 bits per heavy atom. The number of para-hydroxylation sites is 1. The molecule has 0 bridgehead atoms. The van der Waals surface area contributed by atoms with Gasteiger partial charge in [0.15, 0.2) is 6.61 Å². The van der Waals surface area contributed by atoms with Crippen molar-refractivity contribution in [2.75, 3.05) is 19.7 Å². The van der Waals surface area contributed by atoms with Crippen molar-refractivity contribution in [3.63, 3.8) is 0 Å². The van der Waals surface area contributed by atoms with E-state index in [-0.39, 0.29) is 15.5 Å². The van der Waals surface area contributed by atoms with Gasteiger partial charge in [-0.25, -0.2) is 13.2 Å². The van der Waals surface area contributed by atoms with Gasteiger partial charge in [-0.3, -0.25) is 0 Å². The van der Waals surface area contributed by atoms with Crippen molar-refractivity contribution in [2.45, 2.75) is 22.3 Å². The first-order chi connectivity index (χ1) is 15.8. The standard InChI is InChI=1S/C24H24ClNO6S/c25-19-5-3-4-18(14-19)21(27)15-26-13-12-17-8-10-20(11-9-17)33(30,31)23-7-2-1-6-22(23)32-16-24(28)29/h1-11,14,21,26-27H,12-13,15-16H2,(H,28,29)/t21-/m0/s1. The van der Waals surface area contributed by atoms with Crippen LogP contribution in [-0.4, -0.2) is 44.3 Å². The third-order valence-corrected chi connectivity index (χ3v) is 6.93. The first-order valence-electron chi connectivity index (χ1n) is 10.2. The maximum absolute atomic E-state index is 13.0. The first-order valence-corrected chi connectivity index (χ1v) is 12.1. The van der Waals surface area contributed by atoms with E-state index in [1.807, 2.05) is 6.07 Å². The molecule has 0 aliphatic rings. The van der Waals surface area contributed by atoms with Crippen LogP contribution in [0, 0.1) is 0 Å². The number of aliphatic carboxylic acids is 1. The zero-order valence-electron chi connectivity index (χ0n) is 17.6. The molecular weight excluding hydrogens is 466 g/mol. The van der Waals surface area contributed by atoms with Gasteiger partial charge >= 0.3 is 5.97 Å². The van der Waals surface area contributed by atoms with Crippen LogP contribution in [0.25, 0.3) is 0 Å². The van der Waals surface area contributed by atoms with Gasteiger partial charge in [0.25, 0.3) is 0 Å². The Labute approximate surface area is 197 Å².